The minimum atomic E-state index is -0.201. The van der Waals surface area contributed by atoms with Crippen molar-refractivity contribution in [1.82, 2.24) is 19.7 Å². The van der Waals surface area contributed by atoms with Gasteiger partial charge in [0.1, 0.15) is 11.9 Å². The summed E-state index contributed by atoms with van der Waals surface area (Å²) in [5, 5.41) is 4.23. The highest BCUT2D eigenvalue weighted by atomic mass is 16.2. The number of hydrogen-bond donors (Lipinski definition) is 0. The predicted molar refractivity (Wildman–Crippen MR) is 89.3 cm³/mol. The van der Waals surface area contributed by atoms with Crippen molar-refractivity contribution >= 4 is 11.7 Å². The molecule has 0 unspecified atom stereocenters. The van der Waals surface area contributed by atoms with Gasteiger partial charge in [-0.1, -0.05) is 13.0 Å². The van der Waals surface area contributed by atoms with Crippen molar-refractivity contribution in [2.45, 2.75) is 26.3 Å². The molecule has 1 fully saturated rings. The zero-order chi connectivity index (χ0) is 16.2. The van der Waals surface area contributed by atoms with Gasteiger partial charge in [0.15, 0.2) is 0 Å². The largest absolute Gasteiger partial charge is 0.353 e. The third-order valence-corrected chi connectivity index (χ3v) is 4.39. The van der Waals surface area contributed by atoms with Crippen molar-refractivity contribution in [3.63, 3.8) is 0 Å². The van der Waals surface area contributed by atoms with Gasteiger partial charge < -0.3 is 9.80 Å². The summed E-state index contributed by atoms with van der Waals surface area (Å²) in [6.45, 7) is 7.19. The van der Waals surface area contributed by atoms with E-state index in [9.17, 15) is 4.79 Å². The molecule has 122 valence electrons. The summed E-state index contributed by atoms with van der Waals surface area (Å²) in [6.07, 6.45) is 6.15. The van der Waals surface area contributed by atoms with Crippen LogP contribution in [0.1, 0.15) is 24.9 Å². The molecule has 0 saturated carbocycles. The highest BCUT2D eigenvalue weighted by molar-refractivity contribution is 5.80. The summed E-state index contributed by atoms with van der Waals surface area (Å²) >= 11 is 0. The van der Waals surface area contributed by atoms with Gasteiger partial charge in [-0.05, 0) is 31.0 Å². The average Bonchev–Trinajstić information content (AvgIpc) is 3.10. The zero-order valence-corrected chi connectivity index (χ0v) is 13.7. The third-order valence-electron chi connectivity index (χ3n) is 4.39. The fraction of sp³-hybridized carbons (Fsp3) is 0.471. The van der Waals surface area contributed by atoms with Crippen LogP contribution < -0.4 is 4.90 Å². The van der Waals surface area contributed by atoms with E-state index in [1.807, 2.05) is 36.4 Å². The smallest absolute Gasteiger partial charge is 0.247 e. The Morgan fingerprint density at radius 2 is 2.00 bits per heavy atom. The van der Waals surface area contributed by atoms with Crippen LogP contribution in [0.25, 0.3) is 0 Å². The molecule has 3 rings (SSSR count). The van der Waals surface area contributed by atoms with Gasteiger partial charge in [-0.25, -0.2) is 4.98 Å². The first kappa shape index (κ1) is 15.5. The highest BCUT2D eigenvalue weighted by Crippen LogP contribution is 2.20. The van der Waals surface area contributed by atoms with Crippen molar-refractivity contribution in [1.29, 1.82) is 0 Å². The second-order valence-electron chi connectivity index (χ2n) is 5.87. The molecule has 2 aromatic heterocycles. The van der Waals surface area contributed by atoms with Crippen LogP contribution in [0.4, 0.5) is 5.82 Å². The lowest BCUT2D eigenvalue weighted by Crippen LogP contribution is -2.51. The molecule has 0 N–H and O–H groups in total. The van der Waals surface area contributed by atoms with Crippen LogP contribution >= 0.6 is 0 Å². The number of hydrogen-bond acceptors (Lipinski definition) is 4. The number of rotatable bonds is 4. The fourth-order valence-corrected chi connectivity index (χ4v) is 3.10. The average molecular weight is 313 g/mol. The number of aryl methyl sites for hydroxylation is 1. The van der Waals surface area contributed by atoms with Gasteiger partial charge >= 0.3 is 0 Å². The van der Waals surface area contributed by atoms with Gasteiger partial charge in [0.2, 0.25) is 5.91 Å². The molecule has 3 heterocycles. The van der Waals surface area contributed by atoms with Crippen LogP contribution in [0.15, 0.2) is 36.8 Å². The second kappa shape index (κ2) is 6.81. The summed E-state index contributed by atoms with van der Waals surface area (Å²) in [5.41, 5.74) is 1.18. The van der Waals surface area contributed by atoms with Crippen LogP contribution in [-0.4, -0.2) is 51.8 Å². The molecule has 23 heavy (non-hydrogen) atoms. The maximum Gasteiger partial charge on any atom is 0.247 e. The van der Waals surface area contributed by atoms with Gasteiger partial charge in [-0.15, -0.1) is 0 Å². The Morgan fingerprint density at radius 1 is 1.22 bits per heavy atom. The van der Waals surface area contributed by atoms with Crippen LogP contribution in [0.5, 0.6) is 0 Å². The molecule has 1 amide bonds. The lowest BCUT2D eigenvalue weighted by atomic mass is 10.1. The number of nitrogens with zero attached hydrogens (tertiary/aromatic N) is 5. The minimum Gasteiger partial charge on any atom is -0.353 e. The summed E-state index contributed by atoms with van der Waals surface area (Å²) in [4.78, 5) is 21.4. The molecule has 1 atom stereocenters. The molecule has 6 nitrogen and oxygen atoms in total. The summed E-state index contributed by atoms with van der Waals surface area (Å²) in [6, 6.07) is 5.69. The van der Waals surface area contributed by atoms with Crippen molar-refractivity contribution in [3.8, 4) is 0 Å². The third kappa shape index (κ3) is 3.21. The minimum absolute atomic E-state index is 0.161. The van der Waals surface area contributed by atoms with E-state index in [1.165, 1.54) is 5.56 Å². The number of pyridine rings is 1. The van der Waals surface area contributed by atoms with Gasteiger partial charge in [0, 0.05) is 44.8 Å². The highest BCUT2D eigenvalue weighted by Gasteiger charge is 2.28. The summed E-state index contributed by atoms with van der Waals surface area (Å²) < 4.78 is 1.76. The normalized spacial score (nSPS) is 16.4. The summed E-state index contributed by atoms with van der Waals surface area (Å²) in [7, 11) is 0. The van der Waals surface area contributed by atoms with E-state index < -0.39 is 0 Å². The number of aromatic nitrogens is 3. The Bertz CT molecular complexity index is 647. The SMILES string of the molecule is CC[C@H](C(=O)N1CCN(c2ncccc2C)CC1)n1cccn1. The molecule has 0 radical (unpaired) electrons. The van der Waals surface area contributed by atoms with E-state index in [2.05, 4.69) is 28.0 Å². The van der Waals surface area contributed by atoms with Crippen LogP contribution in [0, 0.1) is 6.92 Å². The molecule has 2 aromatic rings. The fourth-order valence-electron chi connectivity index (χ4n) is 3.10. The summed E-state index contributed by atoms with van der Waals surface area (Å²) in [5.74, 6) is 1.19. The van der Waals surface area contributed by atoms with Gasteiger partial charge in [0.25, 0.3) is 0 Å². The standard InChI is InChI=1S/C17H23N5O/c1-3-15(22-9-5-8-19-22)17(23)21-12-10-20(11-13-21)16-14(2)6-4-7-18-16/h4-9,15H,3,10-13H2,1-2H3/t15-/m1/s1. The number of carbonyl (C=O) groups excluding carboxylic acids is 1. The quantitative estimate of drug-likeness (QED) is 0.865. The lowest BCUT2D eigenvalue weighted by Gasteiger charge is -2.37. The van der Waals surface area contributed by atoms with E-state index in [0.717, 1.165) is 38.4 Å². The predicted octanol–water partition coefficient (Wildman–Crippen LogP) is 1.89. The van der Waals surface area contributed by atoms with E-state index >= 15 is 0 Å². The molecule has 0 spiro atoms. The Kier molecular flexibility index (Phi) is 4.60. The number of amides is 1. The first-order valence-electron chi connectivity index (χ1n) is 8.15. The van der Waals surface area contributed by atoms with E-state index in [-0.39, 0.29) is 11.9 Å². The topological polar surface area (TPSA) is 54.3 Å². The number of carbonyl (C=O) groups is 1. The molecule has 6 heteroatoms. The molecule has 1 saturated heterocycles. The molecule has 0 bridgehead atoms. The number of anilines is 1. The van der Waals surface area contributed by atoms with E-state index in [4.69, 9.17) is 0 Å². The van der Waals surface area contributed by atoms with Crippen LogP contribution in [-0.2, 0) is 4.79 Å². The first-order valence-corrected chi connectivity index (χ1v) is 8.15. The Hall–Kier alpha value is -2.37. The Balaban J connectivity index is 1.64. The lowest BCUT2D eigenvalue weighted by molar-refractivity contribution is -0.135. The first-order chi connectivity index (χ1) is 11.2. The molecular formula is C17H23N5O. The second-order valence-corrected chi connectivity index (χ2v) is 5.87. The Labute approximate surface area is 136 Å². The molecule has 1 aliphatic rings. The van der Waals surface area contributed by atoms with Crippen LogP contribution in [0.2, 0.25) is 0 Å². The van der Waals surface area contributed by atoms with Crippen molar-refractivity contribution in [2.75, 3.05) is 31.1 Å². The van der Waals surface area contributed by atoms with Crippen molar-refractivity contribution in [3.05, 3.63) is 42.4 Å². The molecule has 1 aliphatic heterocycles. The van der Waals surface area contributed by atoms with Crippen molar-refractivity contribution in [2.24, 2.45) is 0 Å². The van der Waals surface area contributed by atoms with Crippen molar-refractivity contribution < 1.29 is 4.79 Å². The number of piperazine rings is 1. The van der Waals surface area contributed by atoms with Gasteiger partial charge in [0.05, 0.1) is 0 Å². The van der Waals surface area contributed by atoms with Crippen LogP contribution in [0.3, 0.4) is 0 Å². The molecule has 0 aromatic carbocycles. The van der Waals surface area contributed by atoms with Gasteiger partial charge in [-0.3, -0.25) is 9.48 Å². The van der Waals surface area contributed by atoms with E-state index in [0.29, 0.717) is 0 Å². The molecule has 0 aliphatic carbocycles. The zero-order valence-electron chi connectivity index (χ0n) is 13.7. The Morgan fingerprint density at radius 3 is 2.61 bits per heavy atom. The van der Waals surface area contributed by atoms with E-state index in [1.54, 1.807) is 10.9 Å². The monoisotopic (exact) mass is 313 g/mol. The molecular weight excluding hydrogens is 290 g/mol. The van der Waals surface area contributed by atoms with Gasteiger partial charge in [-0.2, -0.15) is 5.10 Å². The maximum atomic E-state index is 12.8. The maximum absolute atomic E-state index is 12.8.